The Kier molecular flexibility index (Phi) is 4.89. The number of benzene rings is 2. The Bertz CT molecular complexity index is 593. The van der Waals surface area contributed by atoms with E-state index in [1.54, 1.807) is 12.1 Å². The van der Waals surface area contributed by atoms with E-state index in [0.29, 0.717) is 12.2 Å². The molecule has 114 valence electrons. The highest BCUT2D eigenvalue weighted by molar-refractivity contribution is 5.74. The first-order chi connectivity index (χ1) is 10.8. The minimum atomic E-state index is 0.561. The number of carbonyl (C=O) groups is 1. The molecule has 1 saturated carbocycles. The fourth-order valence-electron chi connectivity index (χ4n) is 3.13. The first-order valence-corrected chi connectivity index (χ1v) is 8.12. The van der Waals surface area contributed by atoms with Gasteiger partial charge in [0, 0.05) is 5.56 Å². The standard InChI is InChI=1S/C20H22O2/c21-14-16-8-12-20(13-9-16)22-15-17-6-10-19(11-7-17)18-4-2-1-3-5-18/h6-14,18H,1-5,15H2. The summed E-state index contributed by atoms with van der Waals surface area (Å²) in [6.45, 7) is 0.561. The first kappa shape index (κ1) is 14.8. The van der Waals surface area contributed by atoms with Crippen molar-refractivity contribution in [2.24, 2.45) is 0 Å². The van der Waals surface area contributed by atoms with Crippen molar-refractivity contribution < 1.29 is 9.53 Å². The summed E-state index contributed by atoms with van der Waals surface area (Å²) >= 11 is 0. The number of aldehydes is 1. The van der Waals surface area contributed by atoms with Gasteiger partial charge in [-0.25, -0.2) is 0 Å². The molecule has 1 aliphatic carbocycles. The zero-order valence-electron chi connectivity index (χ0n) is 12.8. The van der Waals surface area contributed by atoms with Crippen LogP contribution in [-0.2, 0) is 6.61 Å². The van der Waals surface area contributed by atoms with Crippen molar-refractivity contribution in [3.63, 3.8) is 0 Å². The predicted octanol–water partition coefficient (Wildman–Crippen LogP) is 5.13. The average Bonchev–Trinajstić information content (AvgIpc) is 2.61. The van der Waals surface area contributed by atoms with Gasteiger partial charge in [0.15, 0.2) is 0 Å². The molecule has 2 nitrogen and oxygen atoms in total. The largest absolute Gasteiger partial charge is 0.489 e. The molecule has 0 aliphatic heterocycles. The minimum Gasteiger partial charge on any atom is -0.489 e. The fraction of sp³-hybridized carbons (Fsp3) is 0.350. The van der Waals surface area contributed by atoms with E-state index in [0.717, 1.165) is 18.0 Å². The van der Waals surface area contributed by atoms with Crippen LogP contribution in [0.15, 0.2) is 48.5 Å². The van der Waals surface area contributed by atoms with Gasteiger partial charge in [-0.3, -0.25) is 4.79 Å². The summed E-state index contributed by atoms with van der Waals surface area (Å²) in [5.74, 6) is 1.54. The van der Waals surface area contributed by atoms with Gasteiger partial charge >= 0.3 is 0 Å². The van der Waals surface area contributed by atoms with E-state index >= 15 is 0 Å². The molecule has 0 bridgehead atoms. The smallest absolute Gasteiger partial charge is 0.150 e. The summed E-state index contributed by atoms with van der Waals surface area (Å²) in [7, 11) is 0. The van der Waals surface area contributed by atoms with E-state index in [-0.39, 0.29) is 0 Å². The molecule has 3 rings (SSSR count). The van der Waals surface area contributed by atoms with Crippen molar-refractivity contribution in [1.82, 2.24) is 0 Å². The topological polar surface area (TPSA) is 26.3 Å². The molecule has 1 aliphatic rings. The molecule has 1 fully saturated rings. The van der Waals surface area contributed by atoms with Gasteiger partial charge in [0.05, 0.1) is 0 Å². The number of hydrogen-bond donors (Lipinski definition) is 0. The van der Waals surface area contributed by atoms with Crippen LogP contribution in [0.1, 0.15) is 59.5 Å². The summed E-state index contributed by atoms with van der Waals surface area (Å²) < 4.78 is 5.76. The van der Waals surface area contributed by atoms with E-state index < -0.39 is 0 Å². The quantitative estimate of drug-likeness (QED) is 0.715. The van der Waals surface area contributed by atoms with Crippen molar-refractivity contribution in [2.75, 3.05) is 0 Å². The van der Waals surface area contributed by atoms with Crippen molar-refractivity contribution >= 4 is 6.29 Å². The van der Waals surface area contributed by atoms with Crippen molar-refractivity contribution in [3.05, 3.63) is 65.2 Å². The van der Waals surface area contributed by atoms with Crippen LogP contribution in [0.3, 0.4) is 0 Å². The average molecular weight is 294 g/mol. The van der Waals surface area contributed by atoms with Crippen LogP contribution in [-0.4, -0.2) is 6.29 Å². The Morgan fingerprint density at radius 3 is 2.23 bits per heavy atom. The molecule has 2 aromatic rings. The molecule has 0 amide bonds. The fourth-order valence-corrected chi connectivity index (χ4v) is 3.13. The SMILES string of the molecule is O=Cc1ccc(OCc2ccc(C3CCCCC3)cc2)cc1. The van der Waals surface area contributed by atoms with E-state index in [4.69, 9.17) is 4.74 Å². The number of rotatable bonds is 5. The Balaban J connectivity index is 1.57. The zero-order valence-corrected chi connectivity index (χ0v) is 12.8. The van der Waals surface area contributed by atoms with Crippen LogP contribution >= 0.6 is 0 Å². The Morgan fingerprint density at radius 2 is 1.59 bits per heavy atom. The molecule has 2 aromatic carbocycles. The van der Waals surface area contributed by atoms with E-state index in [2.05, 4.69) is 24.3 Å². The van der Waals surface area contributed by atoms with Crippen LogP contribution in [0.2, 0.25) is 0 Å². The van der Waals surface area contributed by atoms with E-state index in [1.807, 2.05) is 12.1 Å². The predicted molar refractivity (Wildman–Crippen MR) is 88.4 cm³/mol. The molecule has 0 atom stereocenters. The molecule has 0 saturated heterocycles. The van der Waals surface area contributed by atoms with Gasteiger partial charge in [-0.2, -0.15) is 0 Å². The van der Waals surface area contributed by atoms with Crippen molar-refractivity contribution in [1.29, 1.82) is 0 Å². The maximum Gasteiger partial charge on any atom is 0.150 e. The molecule has 22 heavy (non-hydrogen) atoms. The summed E-state index contributed by atoms with van der Waals surface area (Å²) in [5.41, 5.74) is 3.32. The van der Waals surface area contributed by atoms with Gasteiger partial charge in [0.25, 0.3) is 0 Å². The Morgan fingerprint density at radius 1 is 0.909 bits per heavy atom. The van der Waals surface area contributed by atoms with Gasteiger partial charge in [0.2, 0.25) is 0 Å². The second-order valence-corrected chi connectivity index (χ2v) is 6.05. The number of ether oxygens (including phenoxy) is 1. The molecule has 0 spiro atoms. The second-order valence-electron chi connectivity index (χ2n) is 6.05. The minimum absolute atomic E-state index is 0.561. The number of carbonyl (C=O) groups excluding carboxylic acids is 1. The normalized spacial score (nSPS) is 15.5. The van der Waals surface area contributed by atoms with Crippen LogP contribution in [0, 0.1) is 0 Å². The summed E-state index contributed by atoms with van der Waals surface area (Å²) in [4.78, 5) is 10.6. The van der Waals surface area contributed by atoms with Crippen molar-refractivity contribution in [2.45, 2.75) is 44.6 Å². The summed E-state index contributed by atoms with van der Waals surface area (Å²) in [6, 6.07) is 16.1. The van der Waals surface area contributed by atoms with Crippen molar-refractivity contribution in [3.8, 4) is 5.75 Å². The molecular weight excluding hydrogens is 272 g/mol. The van der Waals surface area contributed by atoms with Crippen LogP contribution in [0.4, 0.5) is 0 Å². The highest BCUT2D eigenvalue weighted by Gasteiger charge is 2.14. The second kappa shape index (κ2) is 7.26. The highest BCUT2D eigenvalue weighted by Crippen LogP contribution is 2.32. The third-order valence-corrected chi connectivity index (χ3v) is 4.48. The van der Waals surface area contributed by atoms with Gasteiger partial charge in [0.1, 0.15) is 18.6 Å². The first-order valence-electron chi connectivity index (χ1n) is 8.12. The lowest BCUT2D eigenvalue weighted by Gasteiger charge is -2.22. The maximum atomic E-state index is 10.6. The molecule has 0 heterocycles. The van der Waals surface area contributed by atoms with Crippen LogP contribution in [0.5, 0.6) is 5.75 Å². The Hall–Kier alpha value is -2.09. The lowest BCUT2D eigenvalue weighted by molar-refractivity contribution is 0.112. The summed E-state index contributed by atoms with van der Waals surface area (Å²) in [5, 5.41) is 0. The monoisotopic (exact) mass is 294 g/mol. The van der Waals surface area contributed by atoms with Gasteiger partial charge in [-0.15, -0.1) is 0 Å². The van der Waals surface area contributed by atoms with Gasteiger partial charge in [-0.05, 0) is 54.2 Å². The molecule has 0 aromatic heterocycles. The summed E-state index contributed by atoms with van der Waals surface area (Å²) in [6.07, 6.45) is 7.63. The Labute approximate surface area is 132 Å². The highest BCUT2D eigenvalue weighted by atomic mass is 16.5. The lowest BCUT2D eigenvalue weighted by Crippen LogP contribution is -2.04. The van der Waals surface area contributed by atoms with Crippen LogP contribution < -0.4 is 4.74 Å². The van der Waals surface area contributed by atoms with Gasteiger partial charge in [-0.1, -0.05) is 43.5 Å². The third kappa shape index (κ3) is 3.76. The molecule has 0 unspecified atom stereocenters. The molecule has 0 N–H and O–H groups in total. The van der Waals surface area contributed by atoms with Crippen LogP contribution in [0.25, 0.3) is 0 Å². The van der Waals surface area contributed by atoms with Gasteiger partial charge < -0.3 is 4.74 Å². The van der Waals surface area contributed by atoms with E-state index in [1.165, 1.54) is 43.2 Å². The lowest BCUT2D eigenvalue weighted by atomic mass is 9.84. The van der Waals surface area contributed by atoms with E-state index in [9.17, 15) is 4.79 Å². The molecule has 0 radical (unpaired) electrons. The third-order valence-electron chi connectivity index (χ3n) is 4.48. The molecule has 2 heteroatoms. The maximum absolute atomic E-state index is 10.6. The molecular formula is C20H22O2. The zero-order chi connectivity index (χ0) is 15.2. The number of hydrogen-bond acceptors (Lipinski definition) is 2.